The van der Waals surface area contributed by atoms with Gasteiger partial charge in [-0.05, 0) is 0 Å². The van der Waals surface area contributed by atoms with Gasteiger partial charge in [-0.25, -0.2) is 0 Å². The van der Waals surface area contributed by atoms with Crippen molar-refractivity contribution in [2.45, 2.75) is 13.0 Å². The van der Waals surface area contributed by atoms with E-state index in [4.69, 9.17) is 4.52 Å². The first-order valence-corrected chi connectivity index (χ1v) is 6.96. The molecule has 1 amide bonds. The van der Waals surface area contributed by atoms with Crippen LogP contribution in [0.15, 0.2) is 53.3 Å². The average molecular weight is 296 g/mol. The van der Waals surface area contributed by atoms with E-state index in [0.717, 1.165) is 11.1 Å². The molecular weight excluding hydrogens is 280 g/mol. The summed E-state index contributed by atoms with van der Waals surface area (Å²) in [4.78, 5) is 11.9. The molecule has 0 atom stereocenters. The van der Waals surface area contributed by atoms with Gasteiger partial charge >= 0.3 is 0 Å². The van der Waals surface area contributed by atoms with Crippen LogP contribution in [0.5, 0.6) is 0 Å². The highest BCUT2D eigenvalue weighted by Gasteiger charge is 2.10. The normalized spacial score (nSPS) is 10.6. The maximum absolute atomic E-state index is 11.9. The molecule has 0 saturated heterocycles. The van der Waals surface area contributed by atoms with Crippen molar-refractivity contribution in [2.75, 3.05) is 0 Å². The number of nitrogens with one attached hydrogen (secondary N) is 1. The summed E-state index contributed by atoms with van der Waals surface area (Å²) < 4.78 is 6.97. The van der Waals surface area contributed by atoms with Crippen LogP contribution < -0.4 is 5.32 Å². The minimum atomic E-state index is -0.100. The minimum absolute atomic E-state index is 0.100. The Kier molecular flexibility index (Phi) is 4.00. The molecule has 1 N–H and O–H groups in total. The van der Waals surface area contributed by atoms with Gasteiger partial charge in [0.2, 0.25) is 5.91 Å². The second-order valence-corrected chi connectivity index (χ2v) is 5.02. The van der Waals surface area contributed by atoms with Crippen LogP contribution in [0.1, 0.15) is 11.3 Å². The molecule has 3 rings (SSSR count). The number of rotatable bonds is 5. The summed E-state index contributed by atoms with van der Waals surface area (Å²) in [5.41, 5.74) is 2.51. The highest BCUT2D eigenvalue weighted by atomic mass is 16.5. The van der Waals surface area contributed by atoms with Crippen LogP contribution in [-0.4, -0.2) is 20.8 Å². The van der Waals surface area contributed by atoms with Gasteiger partial charge < -0.3 is 9.84 Å². The number of benzene rings is 1. The molecule has 2 heterocycles. The molecule has 0 aliphatic heterocycles. The number of aromatic nitrogens is 3. The van der Waals surface area contributed by atoms with Crippen molar-refractivity contribution in [2.24, 2.45) is 7.05 Å². The summed E-state index contributed by atoms with van der Waals surface area (Å²) in [6, 6.07) is 11.5. The molecule has 3 aromatic rings. The maximum atomic E-state index is 11.9. The Balaban J connectivity index is 1.57. The van der Waals surface area contributed by atoms with Crippen LogP contribution in [-0.2, 0) is 24.8 Å². The van der Waals surface area contributed by atoms with Gasteiger partial charge in [0.1, 0.15) is 0 Å². The van der Waals surface area contributed by atoms with Crippen molar-refractivity contribution >= 4 is 5.91 Å². The van der Waals surface area contributed by atoms with Crippen molar-refractivity contribution in [3.63, 3.8) is 0 Å². The monoisotopic (exact) mass is 296 g/mol. The minimum Gasteiger partial charge on any atom is -0.356 e. The van der Waals surface area contributed by atoms with Gasteiger partial charge in [0.15, 0.2) is 5.76 Å². The largest absolute Gasteiger partial charge is 0.356 e. The van der Waals surface area contributed by atoms with E-state index >= 15 is 0 Å². The Labute approximate surface area is 127 Å². The summed E-state index contributed by atoms with van der Waals surface area (Å²) in [6.45, 7) is 0.454. The number of carbonyl (C=O) groups is 1. The number of amides is 1. The van der Waals surface area contributed by atoms with E-state index in [1.165, 1.54) is 0 Å². The van der Waals surface area contributed by atoms with Crippen LogP contribution >= 0.6 is 0 Å². The SMILES string of the molecule is Cn1cc(CNC(=O)Cc2cc(-c3ccccc3)on2)cn1. The molecule has 0 aliphatic carbocycles. The predicted octanol–water partition coefficient (Wildman–Crippen LogP) is 1.93. The number of hydrogen-bond acceptors (Lipinski definition) is 4. The van der Waals surface area contributed by atoms with Gasteiger partial charge in [0.25, 0.3) is 0 Å². The second kappa shape index (κ2) is 6.26. The molecule has 0 fully saturated rings. The molecule has 1 aromatic carbocycles. The van der Waals surface area contributed by atoms with Crippen LogP contribution in [0.4, 0.5) is 0 Å². The van der Waals surface area contributed by atoms with Gasteiger partial charge in [-0.15, -0.1) is 0 Å². The zero-order valence-corrected chi connectivity index (χ0v) is 12.2. The lowest BCUT2D eigenvalue weighted by Crippen LogP contribution is -2.24. The third kappa shape index (κ3) is 3.41. The van der Waals surface area contributed by atoms with E-state index in [1.807, 2.05) is 43.6 Å². The molecule has 6 nitrogen and oxygen atoms in total. The summed E-state index contributed by atoms with van der Waals surface area (Å²) in [7, 11) is 1.84. The van der Waals surface area contributed by atoms with Crippen molar-refractivity contribution in [3.8, 4) is 11.3 Å². The molecule has 2 aromatic heterocycles. The molecule has 0 saturated carbocycles. The highest BCUT2D eigenvalue weighted by molar-refractivity contribution is 5.78. The van der Waals surface area contributed by atoms with Gasteiger partial charge in [-0.2, -0.15) is 5.10 Å². The van der Waals surface area contributed by atoms with E-state index in [9.17, 15) is 4.79 Å². The van der Waals surface area contributed by atoms with Crippen molar-refractivity contribution in [3.05, 3.63) is 60.0 Å². The molecule has 0 bridgehead atoms. The van der Waals surface area contributed by atoms with Gasteiger partial charge in [-0.1, -0.05) is 35.5 Å². The van der Waals surface area contributed by atoms with Gasteiger partial charge in [-0.3, -0.25) is 9.48 Å². The van der Waals surface area contributed by atoms with Gasteiger partial charge in [0.05, 0.1) is 18.3 Å². The van der Waals surface area contributed by atoms with Crippen molar-refractivity contribution in [1.29, 1.82) is 0 Å². The zero-order chi connectivity index (χ0) is 15.4. The topological polar surface area (TPSA) is 73.0 Å². The van der Waals surface area contributed by atoms with Gasteiger partial charge in [0, 0.05) is 37.0 Å². The van der Waals surface area contributed by atoms with E-state index in [-0.39, 0.29) is 12.3 Å². The van der Waals surface area contributed by atoms with E-state index in [0.29, 0.717) is 18.0 Å². The molecular formula is C16H16N4O2. The first-order valence-electron chi connectivity index (χ1n) is 6.96. The molecule has 0 spiro atoms. The lowest BCUT2D eigenvalue weighted by Gasteiger charge is -2.00. The fourth-order valence-corrected chi connectivity index (χ4v) is 2.12. The fraction of sp³-hybridized carbons (Fsp3) is 0.188. The van der Waals surface area contributed by atoms with Crippen molar-refractivity contribution in [1.82, 2.24) is 20.3 Å². The average Bonchev–Trinajstić information content (AvgIpc) is 3.15. The van der Waals surface area contributed by atoms with Crippen LogP contribution in [0.2, 0.25) is 0 Å². The van der Waals surface area contributed by atoms with E-state index in [2.05, 4.69) is 15.6 Å². The molecule has 0 aliphatic rings. The smallest absolute Gasteiger partial charge is 0.226 e. The standard InChI is InChI=1S/C16H16N4O2/c1-20-11-12(10-18-20)9-17-16(21)8-14-7-15(22-19-14)13-5-3-2-4-6-13/h2-7,10-11H,8-9H2,1H3,(H,17,21). The first-order chi connectivity index (χ1) is 10.7. The Morgan fingerprint density at radius 3 is 2.86 bits per heavy atom. The lowest BCUT2D eigenvalue weighted by molar-refractivity contribution is -0.120. The Morgan fingerprint density at radius 1 is 1.32 bits per heavy atom. The Morgan fingerprint density at radius 2 is 2.14 bits per heavy atom. The Hall–Kier alpha value is -2.89. The van der Waals surface area contributed by atoms with Crippen molar-refractivity contribution < 1.29 is 9.32 Å². The maximum Gasteiger partial charge on any atom is 0.226 e. The number of nitrogens with zero attached hydrogens (tertiary/aromatic N) is 3. The third-order valence-electron chi connectivity index (χ3n) is 3.21. The highest BCUT2D eigenvalue weighted by Crippen LogP contribution is 2.19. The molecule has 6 heteroatoms. The fourth-order valence-electron chi connectivity index (χ4n) is 2.12. The third-order valence-corrected chi connectivity index (χ3v) is 3.21. The Bertz CT molecular complexity index is 761. The number of hydrogen-bond donors (Lipinski definition) is 1. The predicted molar refractivity (Wildman–Crippen MR) is 80.7 cm³/mol. The zero-order valence-electron chi connectivity index (χ0n) is 12.2. The lowest BCUT2D eigenvalue weighted by atomic mass is 10.1. The van der Waals surface area contributed by atoms with E-state index < -0.39 is 0 Å². The van der Waals surface area contributed by atoms with Crippen LogP contribution in [0.3, 0.4) is 0 Å². The number of carbonyl (C=O) groups excluding carboxylic acids is 1. The molecule has 112 valence electrons. The van der Waals surface area contributed by atoms with Crippen LogP contribution in [0.25, 0.3) is 11.3 Å². The second-order valence-electron chi connectivity index (χ2n) is 5.02. The summed E-state index contributed by atoms with van der Waals surface area (Å²) in [6.07, 6.45) is 3.78. The molecule has 0 radical (unpaired) electrons. The van der Waals surface area contributed by atoms with E-state index in [1.54, 1.807) is 16.9 Å². The summed E-state index contributed by atoms with van der Waals surface area (Å²) >= 11 is 0. The number of aryl methyl sites for hydroxylation is 1. The molecule has 22 heavy (non-hydrogen) atoms. The molecule has 0 unspecified atom stereocenters. The summed E-state index contributed by atoms with van der Waals surface area (Å²) in [5, 5.41) is 10.8. The van der Waals surface area contributed by atoms with Crippen LogP contribution in [0, 0.1) is 0 Å². The first kappa shape index (κ1) is 14.1. The summed E-state index contributed by atoms with van der Waals surface area (Å²) in [5.74, 6) is 0.562. The quantitative estimate of drug-likeness (QED) is 0.781.